The third-order valence-electron chi connectivity index (χ3n) is 2.82. The Labute approximate surface area is 122 Å². The predicted molar refractivity (Wildman–Crippen MR) is 79.2 cm³/mol. The lowest BCUT2D eigenvalue weighted by atomic mass is 10.0. The predicted octanol–water partition coefficient (Wildman–Crippen LogP) is 3.35. The van der Waals surface area contributed by atoms with E-state index >= 15 is 0 Å². The van der Waals surface area contributed by atoms with Gasteiger partial charge in [0, 0.05) is 13.4 Å². The van der Waals surface area contributed by atoms with Gasteiger partial charge in [0.1, 0.15) is 6.10 Å². The molecule has 0 heterocycles. The lowest BCUT2D eigenvalue weighted by Gasteiger charge is -2.20. The van der Waals surface area contributed by atoms with Gasteiger partial charge >= 0.3 is 0 Å². The Morgan fingerprint density at radius 1 is 1.00 bits per heavy atom. The number of nitrogens with zero attached hydrogens (tertiary/aromatic N) is 1. The second-order valence-electron chi connectivity index (χ2n) is 4.27. The van der Waals surface area contributed by atoms with E-state index in [1.54, 1.807) is 0 Å². The van der Waals surface area contributed by atoms with Gasteiger partial charge < -0.3 is 9.64 Å². The van der Waals surface area contributed by atoms with Crippen LogP contribution in [0.25, 0.3) is 0 Å². The van der Waals surface area contributed by atoms with E-state index in [4.69, 9.17) is 11.6 Å². The summed E-state index contributed by atoms with van der Waals surface area (Å²) in [5, 5.41) is 0. The monoisotopic (exact) mass is 260 g/mol. The van der Waals surface area contributed by atoms with E-state index in [-0.39, 0.29) is 19.3 Å². The van der Waals surface area contributed by atoms with Gasteiger partial charge in [-0.1, -0.05) is 60.7 Å². The third kappa shape index (κ3) is 4.19. The fourth-order valence-corrected chi connectivity index (χ4v) is 1.91. The van der Waals surface area contributed by atoms with Crippen LogP contribution in [0.3, 0.4) is 0 Å². The molecule has 100 valence electrons. The van der Waals surface area contributed by atoms with Crippen LogP contribution in [-0.4, -0.2) is 32.0 Å². The van der Waals surface area contributed by atoms with Gasteiger partial charge in [0.2, 0.25) is 0 Å². The highest BCUT2D eigenvalue weighted by Gasteiger charge is 2.13. The molecule has 0 fully saturated rings. The van der Waals surface area contributed by atoms with Gasteiger partial charge in [-0.05, 0) is 25.1 Å². The number of hydrogen-bond donors (Lipinski definition) is 0. The lowest BCUT2D eigenvalue weighted by molar-refractivity contribution is 0.0687. The summed E-state index contributed by atoms with van der Waals surface area (Å²) in [5.41, 5.74) is 1.94. The van der Waals surface area contributed by atoms with Crippen LogP contribution in [0, 0.1) is 0 Å². The smallest absolute Gasteiger partial charge is 0.108 e. The Kier molecular flexibility index (Phi) is 3.17. The minimum Gasteiger partial charge on any atom is -0.367 e. The minimum absolute atomic E-state index is 0.00959. The van der Waals surface area contributed by atoms with Crippen LogP contribution in [0.15, 0.2) is 60.7 Å². The molecule has 2 heteroatoms. The molecular formula is C17H21NO. The Bertz CT molecular complexity index is 564. The van der Waals surface area contributed by atoms with Gasteiger partial charge in [0.05, 0.1) is 6.61 Å². The van der Waals surface area contributed by atoms with E-state index in [1.807, 2.05) is 60.7 Å². The van der Waals surface area contributed by atoms with Crippen LogP contribution in [0.5, 0.6) is 0 Å². The van der Waals surface area contributed by atoms with Gasteiger partial charge in [-0.15, -0.1) is 0 Å². The first-order valence-electron chi connectivity index (χ1n) is 8.88. The fourth-order valence-electron chi connectivity index (χ4n) is 1.91. The zero-order chi connectivity index (χ0) is 17.6. The molecule has 0 atom stereocenters. The number of benzene rings is 2. The van der Waals surface area contributed by atoms with Crippen molar-refractivity contribution in [2.24, 2.45) is 0 Å². The summed E-state index contributed by atoms with van der Waals surface area (Å²) in [4.78, 5) is 0.819. The highest BCUT2D eigenvalue weighted by molar-refractivity contribution is 5.29. The van der Waals surface area contributed by atoms with E-state index in [9.17, 15) is 0 Å². The van der Waals surface area contributed by atoms with Gasteiger partial charge in [0.25, 0.3) is 0 Å². The van der Waals surface area contributed by atoms with Crippen molar-refractivity contribution in [1.29, 1.82) is 0 Å². The molecule has 0 amide bonds. The zero-order valence-corrected chi connectivity index (χ0v) is 10.7. The summed E-state index contributed by atoms with van der Waals surface area (Å²) in [5.74, 6) is 0. The molecule has 0 aliphatic heterocycles. The lowest BCUT2D eigenvalue weighted by Crippen LogP contribution is -2.20. The van der Waals surface area contributed by atoms with Gasteiger partial charge in [-0.3, -0.25) is 0 Å². The van der Waals surface area contributed by atoms with Crippen molar-refractivity contribution in [1.82, 2.24) is 4.90 Å². The topological polar surface area (TPSA) is 12.5 Å². The number of hydrogen-bond acceptors (Lipinski definition) is 2. The Hall–Kier alpha value is -1.64. The minimum atomic E-state index is -2.48. The maximum absolute atomic E-state index is 7.40. The van der Waals surface area contributed by atoms with Crippen molar-refractivity contribution in [2.75, 3.05) is 27.1 Å². The van der Waals surface area contributed by atoms with Crippen molar-refractivity contribution >= 4 is 0 Å². The fraction of sp³-hybridized carbons (Fsp3) is 0.294. The highest BCUT2D eigenvalue weighted by atomic mass is 16.5. The summed E-state index contributed by atoms with van der Waals surface area (Å²) in [6.07, 6.45) is -0.319. The van der Waals surface area contributed by atoms with E-state index < -0.39 is 14.0 Å². The molecule has 0 bridgehead atoms. The van der Waals surface area contributed by atoms with Gasteiger partial charge in [-0.2, -0.15) is 0 Å². The first-order chi connectivity index (χ1) is 11.4. The molecule has 0 radical (unpaired) electrons. The number of ether oxygens (including phenoxy) is 1. The molecule has 0 unspecified atom stereocenters. The van der Waals surface area contributed by atoms with Crippen molar-refractivity contribution in [3.05, 3.63) is 71.8 Å². The van der Waals surface area contributed by atoms with E-state index in [0.29, 0.717) is 0 Å². The molecular weight excluding hydrogens is 234 g/mol. The summed E-state index contributed by atoms with van der Waals surface area (Å²) >= 11 is 0. The van der Waals surface area contributed by atoms with E-state index in [2.05, 4.69) is 0 Å². The average molecular weight is 260 g/mol. The molecule has 0 saturated heterocycles. The van der Waals surface area contributed by atoms with Crippen LogP contribution < -0.4 is 0 Å². The van der Waals surface area contributed by atoms with Gasteiger partial charge in [0.15, 0.2) is 0 Å². The Morgan fingerprint density at radius 3 is 2.05 bits per heavy atom. The maximum atomic E-state index is 7.40. The maximum Gasteiger partial charge on any atom is 0.108 e. The molecule has 0 aliphatic rings. The van der Waals surface area contributed by atoms with Crippen LogP contribution in [0.1, 0.15) is 24.1 Å². The second-order valence-corrected chi connectivity index (χ2v) is 4.27. The normalized spacial score (nSPS) is 15.8. The number of likely N-dealkylation sites (N-methyl/N-ethyl adjacent to an activating group) is 1. The standard InChI is InChI=1S/C17H21NO/c1-18(2)13-14-19-17(15-9-5-3-6-10-15)16-11-7-4-8-12-16/h3-12,17H,13-14H2,1-2H3/i1D2,2D3. The molecule has 19 heavy (non-hydrogen) atoms. The molecule has 0 N–H and O–H groups in total. The summed E-state index contributed by atoms with van der Waals surface area (Å²) in [6.45, 7) is -3.94. The highest BCUT2D eigenvalue weighted by Crippen LogP contribution is 2.25. The van der Waals surface area contributed by atoms with Crippen LogP contribution in [0.4, 0.5) is 0 Å². The van der Waals surface area contributed by atoms with E-state index in [0.717, 1.165) is 16.0 Å². The van der Waals surface area contributed by atoms with Gasteiger partial charge in [-0.25, -0.2) is 0 Å². The van der Waals surface area contributed by atoms with Crippen molar-refractivity contribution in [3.63, 3.8) is 0 Å². The molecule has 2 rings (SSSR count). The molecule has 2 aromatic carbocycles. The van der Waals surface area contributed by atoms with Crippen LogP contribution >= 0.6 is 0 Å². The largest absolute Gasteiger partial charge is 0.367 e. The van der Waals surface area contributed by atoms with Crippen LogP contribution in [-0.2, 0) is 4.74 Å². The molecule has 0 aromatic heterocycles. The zero-order valence-electron chi connectivity index (χ0n) is 15.7. The van der Waals surface area contributed by atoms with E-state index in [1.165, 1.54) is 0 Å². The molecule has 2 nitrogen and oxygen atoms in total. The third-order valence-corrected chi connectivity index (χ3v) is 2.82. The summed E-state index contributed by atoms with van der Waals surface area (Å²) in [7, 11) is 0. The average Bonchev–Trinajstić information content (AvgIpc) is 2.55. The van der Waals surface area contributed by atoms with Crippen molar-refractivity contribution in [3.8, 4) is 0 Å². The first kappa shape index (κ1) is 8.51. The molecule has 2 aromatic rings. The molecule has 0 aliphatic carbocycles. The second kappa shape index (κ2) is 7.07. The quantitative estimate of drug-likeness (QED) is 0.789. The van der Waals surface area contributed by atoms with Crippen LogP contribution in [0.2, 0.25) is 0 Å². The van der Waals surface area contributed by atoms with Crippen molar-refractivity contribution < 1.29 is 11.6 Å². The number of rotatable bonds is 6. The first-order valence-corrected chi connectivity index (χ1v) is 6.22. The SMILES string of the molecule is [2H]C([2H])N(CCOC(c1ccccc1)c1ccccc1)C([2H])([2H])[2H]. The Balaban J connectivity index is 2.10. The molecule has 0 saturated carbocycles. The van der Waals surface area contributed by atoms with Crippen molar-refractivity contribution in [2.45, 2.75) is 6.10 Å². The summed E-state index contributed by atoms with van der Waals surface area (Å²) < 4.78 is 42.9. The molecule has 0 spiro atoms. The summed E-state index contributed by atoms with van der Waals surface area (Å²) in [6, 6.07) is 19.4. The Morgan fingerprint density at radius 2 is 1.58 bits per heavy atom.